The van der Waals surface area contributed by atoms with E-state index in [1.165, 1.54) is 5.69 Å². The predicted molar refractivity (Wildman–Crippen MR) is 113 cm³/mol. The molecule has 0 bridgehead atoms. The fourth-order valence-corrected chi connectivity index (χ4v) is 4.21. The van der Waals surface area contributed by atoms with Crippen molar-refractivity contribution in [1.82, 2.24) is 5.32 Å². The van der Waals surface area contributed by atoms with Crippen LogP contribution in [0.2, 0.25) is 5.02 Å². The minimum Gasteiger partial charge on any atom is -0.378 e. The molecule has 3 rings (SSSR count). The molecule has 0 unspecified atom stereocenters. The van der Waals surface area contributed by atoms with E-state index in [9.17, 15) is 4.79 Å². The molecule has 27 heavy (non-hydrogen) atoms. The molecule has 1 fully saturated rings. The molecule has 0 spiro atoms. The number of carbonyl (C=O) groups is 1. The Balaban J connectivity index is 1.79. The molecule has 0 aliphatic carbocycles. The second-order valence-corrected chi connectivity index (χ2v) is 8.22. The number of carbonyl (C=O) groups excluding carboxylic acids is 1. The number of nitrogens with one attached hydrogen (secondary N) is 1. The molecule has 0 atom stereocenters. The van der Waals surface area contributed by atoms with Gasteiger partial charge in [-0.3, -0.25) is 4.79 Å². The van der Waals surface area contributed by atoms with E-state index in [-0.39, 0.29) is 5.91 Å². The number of ether oxygens (including phenoxy) is 1. The summed E-state index contributed by atoms with van der Waals surface area (Å²) in [5.74, 6) is 0.885. The van der Waals surface area contributed by atoms with Gasteiger partial charge in [-0.05, 0) is 48.1 Å². The number of amides is 1. The van der Waals surface area contributed by atoms with Crippen molar-refractivity contribution < 1.29 is 9.53 Å². The summed E-state index contributed by atoms with van der Waals surface area (Å²) in [6.07, 6.45) is 0. The van der Waals surface area contributed by atoms with Gasteiger partial charge in [0.05, 0.1) is 18.8 Å². The maximum absolute atomic E-state index is 12.9. The Morgan fingerprint density at radius 1 is 1.22 bits per heavy atom. The average molecular weight is 405 g/mol. The van der Waals surface area contributed by atoms with Crippen LogP contribution in [0.1, 0.15) is 28.4 Å². The number of aryl methyl sites for hydroxylation is 1. The maximum atomic E-state index is 12.9. The van der Waals surface area contributed by atoms with Gasteiger partial charge in [0.1, 0.15) is 0 Å². The summed E-state index contributed by atoms with van der Waals surface area (Å²) >= 11 is 7.63. The Hall–Kier alpha value is -1.69. The van der Waals surface area contributed by atoms with Crippen molar-refractivity contribution in [2.24, 2.45) is 0 Å². The summed E-state index contributed by atoms with van der Waals surface area (Å²) < 4.78 is 5.45. The highest BCUT2D eigenvalue weighted by Gasteiger charge is 2.19. The van der Waals surface area contributed by atoms with Gasteiger partial charge >= 0.3 is 0 Å². The number of thioether (sulfide) groups is 1. The van der Waals surface area contributed by atoms with Gasteiger partial charge in [0.2, 0.25) is 0 Å². The SMILES string of the molecule is CCSc1cc(N2CCOCC2)cc(C)c1C(=O)NCc1ccc(Cl)cc1. The molecular weight excluding hydrogens is 380 g/mol. The zero-order valence-electron chi connectivity index (χ0n) is 15.8. The van der Waals surface area contributed by atoms with Crippen LogP contribution in [-0.2, 0) is 11.3 Å². The van der Waals surface area contributed by atoms with E-state index in [4.69, 9.17) is 16.3 Å². The highest BCUT2D eigenvalue weighted by Crippen LogP contribution is 2.31. The molecule has 4 nitrogen and oxygen atoms in total. The van der Waals surface area contributed by atoms with E-state index in [2.05, 4.69) is 29.3 Å². The highest BCUT2D eigenvalue weighted by molar-refractivity contribution is 7.99. The molecule has 2 aromatic carbocycles. The first-order valence-corrected chi connectivity index (χ1v) is 10.6. The van der Waals surface area contributed by atoms with Gasteiger partial charge in [-0.2, -0.15) is 0 Å². The van der Waals surface area contributed by atoms with Gasteiger partial charge in [0.25, 0.3) is 5.91 Å². The van der Waals surface area contributed by atoms with Crippen molar-refractivity contribution in [3.8, 4) is 0 Å². The summed E-state index contributed by atoms with van der Waals surface area (Å²) in [5.41, 5.74) is 3.97. The third-order valence-electron chi connectivity index (χ3n) is 4.55. The van der Waals surface area contributed by atoms with E-state index >= 15 is 0 Å². The van der Waals surface area contributed by atoms with Crippen LogP contribution in [0, 0.1) is 6.92 Å². The quantitative estimate of drug-likeness (QED) is 0.718. The molecule has 6 heteroatoms. The third kappa shape index (κ3) is 5.18. The molecule has 0 aromatic heterocycles. The number of rotatable bonds is 6. The van der Waals surface area contributed by atoms with Crippen LogP contribution in [0.3, 0.4) is 0 Å². The van der Waals surface area contributed by atoms with Gasteiger partial charge < -0.3 is 15.0 Å². The molecule has 1 amide bonds. The van der Waals surface area contributed by atoms with Crippen molar-refractivity contribution in [3.63, 3.8) is 0 Å². The smallest absolute Gasteiger partial charge is 0.252 e. The van der Waals surface area contributed by atoms with Crippen LogP contribution < -0.4 is 10.2 Å². The number of nitrogens with zero attached hydrogens (tertiary/aromatic N) is 1. The minimum atomic E-state index is -0.0353. The van der Waals surface area contributed by atoms with Gasteiger partial charge in [0.15, 0.2) is 0 Å². The predicted octanol–water partition coefficient (Wildman–Crippen LogP) is 4.53. The molecule has 1 aliphatic rings. The Morgan fingerprint density at radius 3 is 2.59 bits per heavy atom. The van der Waals surface area contributed by atoms with Crippen LogP contribution in [-0.4, -0.2) is 38.0 Å². The number of hydrogen-bond acceptors (Lipinski definition) is 4. The van der Waals surface area contributed by atoms with Crippen LogP contribution in [0.5, 0.6) is 0 Å². The Bertz CT molecular complexity index is 790. The van der Waals surface area contributed by atoms with Crippen LogP contribution in [0.4, 0.5) is 5.69 Å². The molecule has 1 aliphatic heterocycles. The molecular formula is C21H25ClN2O2S. The van der Waals surface area contributed by atoms with Crippen LogP contribution in [0.15, 0.2) is 41.3 Å². The van der Waals surface area contributed by atoms with E-state index in [0.717, 1.165) is 53.6 Å². The zero-order valence-corrected chi connectivity index (χ0v) is 17.3. The fraction of sp³-hybridized carbons (Fsp3) is 0.381. The number of halogens is 1. The van der Waals surface area contributed by atoms with Crippen molar-refractivity contribution >= 4 is 35.0 Å². The third-order valence-corrected chi connectivity index (χ3v) is 5.73. The number of anilines is 1. The zero-order chi connectivity index (χ0) is 19.2. The average Bonchev–Trinajstić information content (AvgIpc) is 2.68. The van der Waals surface area contributed by atoms with Gasteiger partial charge in [-0.25, -0.2) is 0 Å². The van der Waals surface area contributed by atoms with Crippen molar-refractivity contribution in [2.75, 3.05) is 37.0 Å². The lowest BCUT2D eigenvalue weighted by atomic mass is 10.1. The summed E-state index contributed by atoms with van der Waals surface area (Å²) in [7, 11) is 0. The summed E-state index contributed by atoms with van der Waals surface area (Å²) in [5, 5.41) is 3.74. The van der Waals surface area contributed by atoms with Crippen molar-refractivity contribution in [2.45, 2.75) is 25.3 Å². The monoisotopic (exact) mass is 404 g/mol. The summed E-state index contributed by atoms with van der Waals surface area (Å²) in [6.45, 7) is 7.88. The van der Waals surface area contributed by atoms with Crippen molar-refractivity contribution in [1.29, 1.82) is 0 Å². The van der Waals surface area contributed by atoms with E-state index in [1.807, 2.05) is 31.2 Å². The van der Waals surface area contributed by atoms with Gasteiger partial charge in [0, 0.05) is 35.2 Å². The highest BCUT2D eigenvalue weighted by atomic mass is 35.5. The maximum Gasteiger partial charge on any atom is 0.252 e. The van der Waals surface area contributed by atoms with E-state index in [0.29, 0.717) is 11.6 Å². The molecule has 0 radical (unpaired) electrons. The first-order valence-electron chi connectivity index (χ1n) is 9.21. The lowest BCUT2D eigenvalue weighted by Crippen LogP contribution is -2.36. The number of morpholine rings is 1. The molecule has 144 valence electrons. The Kier molecular flexibility index (Phi) is 7.05. The largest absolute Gasteiger partial charge is 0.378 e. The normalized spacial score (nSPS) is 14.3. The first kappa shape index (κ1) is 20.1. The summed E-state index contributed by atoms with van der Waals surface area (Å²) in [6, 6.07) is 11.8. The second kappa shape index (κ2) is 9.49. The van der Waals surface area contributed by atoms with Gasteiger partial charge in [-0.15, -0.1) is 11.8 Å². The van der Waals surface area contributed by atoms with E-state index < -0.39 is 0 Å². The topological polar surface area (TPSA) is 41.6 Å². The van der Waals surface area contributed by atoms with Gasteiger partial charge in [-0.1, -0.05) is 30.7 Å². The molecule has 1 heterocycles. The standard InChI is InChI=1S/C21H25ClN2O2S/c1-3-27-19-13-18(24-8-10-26-11-9-24)12-15(2)20(19)21(25)23-14-16-4-6-17(22)7-5-16/h4-7,12-13H,3,8-11,14H2,1-2H3,(H,23,25). The van der Waals surface area contributed by atoms with Crippen LogP contribution in [0.25, 0.3) is 0 Å². The Labute approximate surface area is 170 Å². The lowest BCUT2D eigenvalue weighted by molar-refractivity contribution is 0.0947. The fourth-order valence-electron chi connectivity index (χ4n) is 3.17. The second-order valence-electron chi connectivity index (χ2n) is 6.48. The molecule has 2 aromatic rings. The van der Waals surface area contributed by atoms with E-state index in [1.54, 1.807) is 11.8 Å². The van der Waals surface area contributed by atoms with Crippen LogP contribution >= 0.6 is 23.4 Å². The minimum absolute atomic E-state index is 0.0353. The first-order chi connectivity index (χ1) is 13.1. The molecule has 0 saturated carbocycles. The molecule has 1 saturated heterocycles. The molecule has 1 N–H and O–H groups in total. The number of hydrogen-bond donors (Lipinski definition) is 1. The van der Waals surface area contributed by atoms with Crippen molar-refractivity contribution in [3.05, 3.63) is 58.1 Å². The lowest BCUT2D eigenvalue weighted by Gasteiger charge is -2.30. The number of benzene rings is 2. The Morgan fingerprint density at radius 2 is 1.93 bits per heavy atom. The summed E-state index contributed by atoms with van der Waals surface area (Å²) in [4.78, 5) is 16.3.